The highest BCUT2D eigenvalue weighted by Crippen LogP contribution is 2.27. The molecule has 0 atom stereocenters. The molecule has 0 unspecified atom stereocenters. The molecular weight excluding hydrogens is 408 g/mol. The molecule has 0 aromatic heterocycles. The summed E-state index contributed by atoms with van der Waals surface area (Å²) in [6.07, 6.45) is 0.734. The van der Waals surface area contributed by atoms with Crippen LogP contribution in [0.1, 0.15) is 21.5 Å². The van der Waals surface area contributed by atoms with E-state index in [0.717, 1.165) is 17.7 Å². The van der Waals surface area contributed by atoms with Crippen molar-refractivity contribution in [2.24, 2.45) is 5.14 Å². The van der Waals surface area contributed by atoms with Gasteiger partial charge < -0.3 is 9.64 Å². The normalized spacial score (nSPS) is 14.1. The van der Waals surface area contributed by atoms with Crippen molar-refractivity contribution in [3.8, 4) is 5.75 Å². The van der Waals surface area contributed by atoms with Crippen molar-refractivity contribution < 1.29 is 17.9 Å². The van der Waals surface area contributed by atoms with Gasteiger partial charge in [0.15, 0.2) is 0 Å². The number of nitrogens with zero attached hydrogens (tertiary/aromatic N) is 1. The van der Waals surface area contributed by atoms with Gasteiger partial charge in [-0.1, -0.05) is 6.07 Å². The second-order valence-corrected chi connectivity index (χ2v) is 8.21. The Balaban J connectivity index is 1.92. The molecule has 2 N–H and O–H groups in total. The molecule has 0 fully saturated rings. The van der Waals surface area contributed by atoms with E-state index in [-0.39, 0.29) is 16.4 Å². The summed E-state index contributed by atoms with van der Waals surface area (Å²) in [5.74, 6) is 0.497. The van der Waals surface area contributed by atoms with E-state index in [2.05, 4.69) is 15.9 Å². The molecule has 1 amide bonds. The Hall–Kier alpha value is -1.90. The summed E-state index contributed by atoms with van der Waals surface area (Å²) in [6.45, 7) is 1.00. The third kappa shape index (κ3) is 3.70. The van der Waals surface area contributed by atoms with Crippen molar-refractivity contribution in [2.75, 3.05) is 13.7 Å². The molecule has 0 saturated carbocycles. The maximum Gasteiger partial charge on any atom is 0.255 e. The third-order valence-electron chi connectivity index (χ3n) is 4.21. The zero-order valence-corrected chi connectivity index (χ0v) is 15.9. The number of carbonyl (C=O) groups excluding carboxylic acids is 1. The van der Waals surface area contributed by atoms with Gasteiger partial charge in [-0.3, -0.25) is 4.79 Å². The van der Waals surface area contributed by atoms with Gasteiger partial charge in [0, 0.05) is 17.6 Å². The minimum Gasteiger partial charge on any atom is -0.497 e. The van der Waals surface area contributed by atoms with Gasteiger partial charge in [-0.05, 0) is 63.8 Å². The lowest BCUT2D eigenvalue weighted by Crippen LogP contribution is -2.36. The van der Waals surface area contributed by atoms with Crippen molar-refractivity contribution in [1.29, 1.82) is 0 Å². The van der Waals surface area contributed by atoms with Gasteiger partial charge in [-0.25, -0.2) is 13.6 Å². The highest BCUT2D eigenvalue weighted by molar-refractivity contribution is 9.10. The largest absolute Gasteiger partial charge is 0.497 e. The fourth-order valence-electron chi connectivity index (χ4n) is 2.85. The summed E-state index contributed by atoms with van der Waals surface area (Å²) in [6, 6.07) is 10.0. The molecule has 132 valence electrons. The SMILES string of the molecule is COc1ccc2c(c1)CN(C(=O)c1cc(S(N)(=O)=O)ccc1Br)CC2. The zero-order valence-electron chi connectivity index (χ0n) is 13.5. The Kier molecular flexibility index (Phi) is 4.86. The number of halogens is 1. The summed E-state index contributed by atoms with van der Waals surface area (Å²) in [5.41, 5.74) is 2.48. The fourth-order valence-corrected chi connectivity index (χ4v) is 3.81. The Morgan fingerprint density at radius 1 is 1.20 bits per heavy atom. The zero-order chi connectivity index (χ0) is 18.2. The molecule has 0 bridgehead atoms. The van der Waals surface area contributed by atoms with E-state index in [1.54, 1.807) is 12.0 Å². The van der Waals surface area contributed by atoms with E-state index in [4.69, 9.17) is 9.88 Å². The first kappa shape index (κ1) is 17.9. The van der Waals surface area contributed by atoms with Crippen LogP contribution in [-0.2, 0) is 23.0 Å². The van der Waals surface area contributed by atoms with E-state index in [1.165, 1.54) is 23.8 Å². The van der Waals surface area contributed by atoms with Crippen LogP contribution in [0, 0.1) is 0 Å². The molecule has 1 aliphatic rings. The quantitative estimate of drug-likeness (QED) is 0.818. The summed E-state index contributed by atoms with van der Waals surface area (Å²) in [7, 11) is -2.27. The Labute approximate surface area is 154 Å². The lowest BCUT2D eigenvalue weighted by atomic mass is 9.99. The number of primary sulfonamides is 1. The average molecular weight is 425 g/mol. The van der Waals surface area contributed by atoms with E-state index in [9.17, 15) is 13.2 Å². The maximum atomic E-state index is 12.9. The molecule has 8 heteroatoms. The summed E-state index contributed by atoms with van der Waals surface area (Å²) in [4.78, 5) is 14.5. The van der Waals surface area contributed by atoms with Gasteiger partial charge in [0.2, 0.25) is 10.0 Å². The molecule has 0 spiro atoms. The van der Waals surface area contributed by atoms with Gasteiger partial charge in [-0.2, -0.15) is 0 Å². The number of rotatable bonds is 3. The van der Waals surface area contributed by atoms with Crippen LogP contribution in [-0.4, -0.2) is 32.9 Å². The predicted molar refractivity (Wildman–Crippen MR) is 97.0 cm³/mol. The molecule has 1 aliphatic heterocycles. The van der Waals surface area contributed by atoms with Gasteiger partial charge in [0.1, 0.15) is 5.75 Å². The first-order valence-corrected chi connectivity index (χ1v) is 9.91. The number of benzene rings is 2. The minimum absolute atomic E-state index is 0.0851. The van der Waals surface area contributed by atoms with Crippen LogP contribution in [0.2, 0.25) is 0 Å². The maximum absolute atomic E-state index is 12.9. The molecule has 3 rings (SSSR count). The van der Waals surface area contributed by atoms with E-state index < -0.39 is 10.0 Å². The topological polar surface area (TPSA) is 89.7 Å². The number of fused-ring (bicyclic) bond motifs is 1. The molecule has 0 aliphatic carbocycles. The summed E-state index contributed by atoms with van der Waals surface area (Å²) in [5, 5.41) is 5.17. The van der Waals surface area contributed by atoms with Crippen LogP contribution in [0.15, 0.2) is 45.8 Å². The molecule has 6 nitrogen and oxygen atoms in total. The van der Waals surface area contributed by atoms with Crippen LogP contribution in [0.4, 0.5) is 0 Å². The predicted octanol–water partition coefficient (Wildman–Crippen LogP) is 2.30. The van der Waals surface area contributed by atoms with Crippen LogP contribution in [0.3, 0.4) is 0 Å². The number of methoxy groups -OCH3 is 1. The third-order valence-corrected chi connectivity index (χ3v) is 5.81. The highest BCUT2D eigenvalue weighted by Gasteiger charge is 2.24. The Morgan fingerprint density at radius 3 is 2.64 bits per heavy atom. The van der Waals surface area contributed by atoms with Crippen LogP contribution in [0.25, 0.3) is 0 Å². The van der Waals surface area contributed by atoms with Gasteiger partial charge in [-0.15, -0.1) is 0 Å². The number of ether oxygens (including phenoxy) is 1. The molecule has 2 aromatic carbocycles. The molecule has 0 saturated heterocycles. The number of amides is 1. The van der Waals surface area contributed by atoms with Gasteiger partial charge in [0.05, 0.1) is 17.6 Å². The first-order valence-electron chi connectivity index (χ1n) is 7.57. The molecule has 2 aromatic rings. The number of hydrogen-bond donors (Lipinski definition) is 1. The Morgan fingerprint density at radius 2 is 1.96 bits per heavy atom. The lowest BCUT2D eigenvalue weighted by molar-refractivity contribution is 0.0733. The summed E-state index contributed by atoms with van der Waals surface area (Å²) >= 11 is 3.32. The smallest absolute Gasteiger partial charge is 0.255 e. The first-order chi connectivity index (χ1) is 11.8. The molecule has 1 heterocycles. The van der Waals surface area contributed by atoms with Crippen molar-refractivity contribution in [3.63, 3.8) is 0 Å². The number of nitrogens with two attached hydrogens (primary N) is 1. The molecule has 0 radical (unpaired) electrons. The van der Waals surface area contributed by atoms with E-state index in [1.807, 2.05) is 18.2 Å². The highest BCUT2D eigenvalue weighted by atomic mass is 79.9. The van der Waals surface area contributed by atoms with Crippen LogP contribution < -0.4 is 9.88 Å². The van der Waals surface area contributed by atoms with Crippen molar-refractivity contribution in [3.05, 3.63) is 57.6 Å². The molecule has 25 heavy (non-hydrogen) atoms. The van der Waals surface area contributed by atoms with E-state index >= 15 is 0 Å². The minimum atomic E-state index is -3.87. The Bertz CT molecular complexity index is 944. The van der Waals surface area contributed by atoms with Crippen molar-refractivity contribution >= 4 is 31.9 Å². The van der Waals surface area contributed by atoms with Crippen LogP contribution in [0.5, 0.6) is 5.75 Å². The number of sulfonamides is 1. The average Bonchev–Trinajstić information content (AvgIpc) is 2.59. The number of carbonyl (C=O) groups is 1. The second kappa shape index (κ2) is 6.78. The van der Waals surface area contributed by atoms with E-state index in [0.29, 0.717) is 17.6 Å². The standard InChI is InChI=1S/C17H17BrN2O4S/c1-24-13-3-2-11-6-7-20(10-12(11)8-13)17(21)15-9-14(25(19,22)23)4-5-16(15)18/h2-5,8-9H,6-7,10H2,1H3,(H2,19,22,23). The molecular formula is C17H17BrN2O4S. The monoisotopic (exact) mass is 424 g/mol. The van der Waals surface area contributed by atoms with Crippen LogP contribution >= 0.6 is 15.9 Å². The van der Waals surface area contributed by atoms with Crippen molar-refractivity contribution in [2.45, 2.75) is 17.9 Å². The number of hydrogen-bond acceptors (Lipinski definition) is 4. The van der Waals surface area contributed by atoms with Gasteiger partial charge in [0.25, 0.3) is 5.91 Å². The lowest BCUT2D eigenvalue weighted by Gasteiger charge is -2.29. The van der Waals surface area contributed by atoms with Gasteiger partial charge >= 0.3 is 0 Å². The fraction of sp³-hybridized carbons (Fsp3) is 0.235. The summed E-state index contributed by atoms with van der Waals surface area (Å²) < 4.78 is 28.9. The van der Waals surface area contributed by atoms with Crippen molar-refractivity contribution in [1.82, 2.24) is 4.90 Å². The second-order valence-electron chi connectivity index (χ2n) is 5.80.